The van der Waals surface area contributed by atoms with Crippen LogP contribution in [0.1, 0.15) is 5.56 Å². The highest BCUT2D eigenvalue weighted by Gasteiger charge is 2.36. The van der Waals surface area contributed by atoms with E-state index in [0.717, 1.165) is 5.56 Å². The summed E-state index contributed by atoms with van der Waals surface area (Å²) >= 11 is 0. The first-order valence-corrected chi connectivity index (χ1v) is 5.47. The topological polar surface area (TPSA) is 58.9 Å². The van der Waals surface area contributed by atoms with Gasteiger partial charge >= 0.3 is 0 Å². The molecule has 2 rings (SSSR count). The van der Waals surface area contributed by atoms with E-state index in [1.54, 1.807) is 12.1 Å². The molecule has 1 fully saturated rings. The van der Waals surface area contributed by atoms with Gasteiger partial charge in [0.2, 0.25) is 0 Å². The van der Waals surface area contributed by atoms with Crippen LogP contribution in [-0.2, 0) is 16.1 Å². The first kappa shape index (κ1) is 12.4. The lowest BCUT2D eigenvalue weighted by atomic mass is 10.1. The van der Waals surface area contributed by atoms with Crippen molar-refractivity contribution >= 4 is 0 Å². The van der Waals surface area contributed by atoms with E-state index in [1.807, 2.05) is 0 Å². The van der Waals surface area contributed by atoms with Crippen LogP contribution in [0.5, 0.6) is 0 Å². The molecule has 0 bridgehead atoms. The van der Waals surface area contributed by atoms with Crippen LogP contribution in [-0.4, -0.2) is 41.7 Å². The van der Waals surface area contributed by atoms with E-state index in [4.69, 9.17) is 14.6 Å². The molecule has 1 aliphatic heterocycles. The SMILES string of the molecule is OC[C@H]1OC[C@H](OCc2ccc(F)cc2)[C@@H]1O. The maximum atomic E-state index is 12.7. The summed E-state index contributed by atoms with van der Waals surface area (Å²) in [5.41, 5.74) is 0.825. The monoisotopic (exact) mass is 242 g/mol. The molecule has 0 radical (unpaired) electrons. The van der Waals surface area contributed by atoms with Crippen LogP contribution in [0.2, 0.25) is 0 Å². The molecule has 1 aromatic carbocycles. The Morgan fingerprint density at radius 3 is 2.65 bits per heavy atom. The Morgan fingerprint density at radius 1 is 1.35 bits per heavy atom. The highest BCUT2D eigenvalue weighted by atomic mass is 19.1. The molecule has 1 heterocycles. The van der Waals surface area contributed by atoms with E-state index in [2.05, 4.69) is 0 Å². The molecule has 0 spiro atoms. The molecule has 17 heavy (non-hydrogen) atoms. The first-order valence-electron chi connectivity index (χ1n) is 5.47. The standard InChI is InChI=1S/C12H15FO4/c13-9-3-1-8(2-4-9)6-16-11-7-17-10(5-14)12(11)15/h1-4,10-12,14-15H,5-7H2/t10-,11+,12-/m1/s1. The number of rotatable bonds is 4. The quantitative estimate of drug-likeness (QED) is 0.805. The van der Waals surface area contributed by atoms with E-state index in [1.165, 1.54) is 12.1 Å². The summed E-state index contributed by atoms with van der Waals surface area (Å²) in [6.07, 6.45) is -1.84. The molecule has 94 valence electrons. The fraction of sp³-hybridized carbons (Fsp3) is 0.500. The minimum Gasteiger partial charge on any atom is -0.394 e. The molecule has 3 atom stereocenters. The van der Waals surface area contributed by atoms with Gasteiger partial charge in [0.05, 0.1) is 19.8 Å². The molecular weight excluding hydrogens is 227 g/mol. The van der Waals surface area contributed by atoms with Crippen molar-refractivity contribution in [3.05, 3.63) is 35.6 Å². The second-order valence-corrected chi connectivity index (χ2v) is 4.02. The zero-order valence-corrected chi connectivity index (χ0v) is 9.25. The van der Waals surface area contributed by atoms with Gasteiger partial charge < -0.3 is 19.7 Å². The third kappa shape index (κ3) is 3.01. The Morgan fingerprint density at radius 2 is 2.06 bits per heavy atom. The summed E-state index contributed by atoms with van der Waals surface area (Å²) in [5.74, 6) is -0.293. The third-order valence-electron chi connectivity index (χ3n) is 2.79. The van der Waals surface area contributed by atoms with Gasteiger partial charge in [-0.15, -0.1) is 0 Å². The van der Waals surface area contributed by atoms with Gasteiger partial charge in [-0.3, -0.25) is 0 Å². The first-order chi connectivity index (χ1) is 8.20. The summed E-state index contributed by atoms with van der Waals surface area (Å²) in [4.78, 5) is 0. The summed E-state index contributed by atoms with van der Waals surface area (Å²) in [6, 6.07) is 5.97. The molecule has 4 nitrogen and oxygen atoms in total. The number of hydrogen-bond acceptors (Lipinski definition) is 4. The fourth-order valence-corrected chi connectivity index (χ4v) is 1.75. The largest absolute Gasteiger partial charge is 0.394 e. The van der Waals surface area contributed by atoms with Crippen LogP contribution in [0, 0.1) is 5.82 Å². The highest BCUT2D eigenvalue weighted by molar-refractivity contribution is 5.15. The second-order valence-electron chi connectivity index (χ2n) is 4.02. The molecule has 1 aromatic rings. The van der Waals surface area contributed by atoms with Gasteiger partial charge in [0.1, 0.15) is 24.1 Å². The van der Waals surface area contributed by atoms with E-state index in [0.29, 0.717) is 0 Å². The number of benzene rings is 1. The molecule has 0 saturated carbocycles. The third-order valence-corrected chi connectivity index (χ3v) is 2.79. The summed E-state index contributed by atoms with van der Waals surface area (Å²) < 4.78 is 23.3. The molecule has 1 saturated heterocycles. The smallest absolute Gasteiger partial charge is 0.123 e. The normalized spacial score (nSPS) is 28.5. The van der Waals surface area contributed by atoms with E-state index >= 15 is 0 Å². The zero-order chi connectivity index (χ0) is 12.3. The maximum Gasteiger partial charge on any atom is 0.123 e. The number of aliphatic hydroxyl groups is 2. The van der Waals surface area contributed by atoms with Crippen molar-refractivity contribution < 1.29 is 24.1 Å². The Labute approximate surface area is 98.6 Å². The second kappa shape index (κ2) is 5.55. The van der Waals surface area contributed by atoms with Gasteiger partial charge in [-0.05, 0) is 17.7 Å². The van der Waals surface area contributed by atoms with Crippen molar-refractivity contribution in [1.29, 1.82) is 0 Å². The molecule has 0 aliphatic carbocycles. The predicted molar refractivity (Wildman–Crippen MR) is 57.8 cm³/mol. The lowest BCUT2D eigenvalue weighted by molar-refractivity contribution is -0.0340. The summed E-state index contributed by atoms with van der Waals surface area (Å²) in [6.45, 7) is 0.314. The van der Waals surface area contributed by atoms with Crippen LogP contribution < -0.4 is 0 Å². The van der Waals surface area contributed by atoms with Crippen LogP contribution in [0.15, 0.2) is 24.3 Å². The Kier molecular flexibility index (Phi) is 4.06. The minimum absolute atomic E-state index is 0.225. The molecule has 5 heteroatoms. The van der Waals surface area contributed by atoms with Gasteiger partial charge in [0.15, 0.2) is 0 Å². The van der Waals surface area contributed by atoms with E-state index in [9.17, 15) is 9.50 Å². The lowest BCUT2D eigenvalue weighted by Crippen LogP contribution is -2.33. The molecule has 2 N–H and O–H groups in total. The Balaban J connectivity index is 1.84. The van der Waals surface area contributed by atoms with Crippen LogP contribution >= 0.6 is 0 Å². The van der Waals surface area contributed by atoms with Crippen molar-refractivity contribution in [2.45, 2.75) is 24.9 Å². The number of hydrogen-bond donors (Lipinski definition) is 2. The average molecular weight is 242 g/mol. The summed E-state index contributed by atoms with van der Waals surface area (Å²) in [7, 11) is 0. The number of ether oxygens (including phenoxy) is 2. The molecule has 0 amide bonds. The summed E-state index contributed by atoms with van der Waals surface area (Å²) in [5, 5.41) is 18.6. The van der Waals surface area contributed by atoms with Crippen molar-refractivity contribution in [3.8, 4) is 0 Å². The number of halogens is 1. The zero-order valence-electron chi connectivity index (χ0n) is 9.25. The van der Waals surface area contributed by atoms with E-state index in [-0.39, 0.29) is 25.6 Å². The van der Waals surface area contributed by atoms with Crippen LogP contribution in [0.4, 0.5) is 4.39 Å². The molecular formula is C12H15FO4. The van der Waals surface area contributed by atoms with Gasteiger partial charge in [-0.2, -0.15) is 0 Å². The lowest BCUT2D eigenvalue weighted by Gasteiger charge is -2.16. The Hall–Kier alpha value is -1.01. The van der Waals surface area contributed by atoms with Gasteiger partial charge in [-0.1, -0.05) is 12.1 Å². The Bertz CT molecular complexity index is 354. The molecule has 0 unspecified atom stereocenters. The van der Waals surface area contributed by atoms with Gasteiger partial charge in [0, 0.05) is 0 Å². The van der Waals surface area contributed by atoms with Crippen LogP contribution in [0.25, 0.3) is 0 Å². The van der Waals surface area contributed by atoms with Crippen molar-refractivity contribution in [2.24, 2.45) is 0 Å². The molecule has 0 aromatic heterocycles. The maximum absolute atomic E-state index is 12.7. The number of aliphatic hydroxyl groups excluding tert-OH is 2. The predicted octanol–water partition coefficient (Wildman–Crippen LogP) is 0.463. The van der Waals surface area contributed by atoms with Crippen molar-refractivity contribution in [2.75, 3.05) is 13.2 Å². The van der Waals surface area contributed by atoms with Gasteiger partial charge in [-0.25, -0.2) is 4.39 Å². The van der Waals surface area contributed by atoms with Crippen molar-refractivity contribution in [1.82, 2.24) is 0 Å². The fourth-order valence-electron chi connectivity index (χ4n) is 1.75. The van der Waals surface area contributed by atoms with Crippen LogP contribution in [0.3, 0.4) is 0 Å². The minimum atomic E-state index is -0.819. The van der Waals surface area contributed by atoms with E-state index < -0.39 is 18.3 Å². The average Bonchev–Trinajstić information content (AvgIpc) is 2.69. The van der Waals surface area contributed by atoms with Gasteiger partial charge in [0.25, 0.3) is 0 Å². The molecule has 1 aliphatic rings. The highest BCUT2D eigenvalue weighted by Crippen LogP contribution is 2.18. The van der Waals surface area contributed by atoms with Crippen molar-refractivity contribution in [3.63, 3.8) is 0 Å².